The Bertz CT molecular complexity index is 272. The fourth-order valence-electron chi connectivity index (χ4n) is 1.77. The standard InChI is InChI=1S/C12H20O4/c1-7(2)9(8(3)4)10(11(13)15-5)12(14)16-6/h7-8H,1-6H3. The SMILES string of the molecule is COC(=O)C(C(=O)OC)=C(C(C)C)C(C)C. The summed E-state index contributed by atoms with van der Waals surface area (Å²) in [5, 5.41) is 0. The molecule has 0 N–H and O–H groups in total. The van der Waals surface area contributed by atoms with E-state index in [0.717, 1.165) is 5.57 Å². The average Bonchev–Trinajstić information content (AvgIpc) is 2.22. The molecular weight excluding hydrogens is 208 g/mol. The maximum atomic E-state index is 11.6. The van der Waals surface area contributed by atoms with E-state index in [0.29, 0.717) is 0 Å². The molecule has 0 aromatic carbocycles. The number of allylic oxidation sites excluding steroid dienone is 1. The quantitative estimate of drug-likeness (QED) is 0.319. The predicted molar refractivity (Wildman–Crippen MR) is 60.7 cm³/mol. The highest BCUT2D eigenvalue weighted by atomic mass is 16.5. The molecule has 0 fully saturated rings. The lowest BCUT2D eigenvalue weighted by Gasteiger charge is -2.18. The lowest BCUT2D eigenvalue weighted by molar-refractivity contribution is -0.144. The largest absolute Gasteiger partial charge is 0.465 e. The Hall–Kier alpha value is -1.32. The van der Waals surface area contributed by atoms with Gasteiger partial charge in [0.05, 0.1) is 14.2 Å². The molecule has 0 unspecified atom stereocenters. The van der Waals surface area contributed by atoms with Gasteiger partial charge in [-0.3, -0.25) is 0 Å². The minimum Gasteiger partial charge on any atom is -0.465 e. The van der Waals surface area contributed by atoms with Crippen molar-refractivity contribution in [2.75, 3.05) is 14.2 Å². The summed E-state index contributed by atoms with van der Waals surface area (Å²) in [6.07, 6.45) is 0. The maximum absolute atomic E-state index is 11.6. The van der Waals surface area contributed by atoms with Gasteiger partial charge in [-0.15, -0.1) is 0 Å². The van der Waals surface area contributed by atoms with Crippen LogP contribution in [0.2, 0.25) is 0 Å². The van der Waals surface area contributed by atoms with E-state index in [2.05, 4.69) is 9.47 Å². The summed E-state index contributed by atoms with van der Waals surface area (Å²) >= 11 is 0. The summed E-state index contributed by atoms with van der Waals surface area (Å²) in [4.78, 5) is 23.2. The summed E-state index contributed by atoms with van der Waals surface area (Å²) in [5.74, 6) is -1.09. The molecular formula is C12H20O4. The highest BCUT2D eigenvalue weighted by molar-refractivity contribution is 6.14. The molecule has 0 aliphatic heterocycles. The fraction of sp³-hybridized carbons (Fsp3) is 0.667. The molecule has 0 spiro atoms. The monoisotopic (exact) mass is 228 g/mol. The number of hydrogen-bond acceptors (Lipinski definition) is 4. The summed E-state index contributed by atoms with van der Waals surface area (Å²) in [7, 11) is 2.51. The Morgan fingerprint density at radius 2 is 1.12 bits per heavy atom. The zero-order valence-electron chi connectivity index (χ0n) is 10.8. The number of rotatable bonds is 4. The molecule has 0 saturated carbocycles. The van der Waals surface area contributed by atoms with Gasteiger partial charge in [-0.1, -0.05) is 27.7 Å². The Kier molecular flexibility index (Phi) is 5.78. The van der Waals surface area contributed by atoms with Crippen molar-refractivity contribution in [3.63, 3.8) is 0 Å². The van der Waals surface area contributed by atoms with Gasteiger partial charge in [0.1, 0.15) is 5.57 Å². The lowest BCUT2D eigenvalue weighted by Crippen LogP contribution is -2.22. The van der Waals surface area contributed by atoms with E-state index in [-0.39, 0.29) is 17.4 Å². The first kappa shape index (κ1) is 14.7. The molecule has 0 heterocycles. The third kappa shape index (κ3) is 3.36. The van der Waals surface area contributed by atoms with Crippen LogP contribution in [0, 0.1) is 11.8 Å². The van der Waals surface area contributed by atoms with E-state index < -0.39 is 11.9 Å². The van der Waals surface area contributed by atoms with E-state index >= 15 is 0 Å². The van der Waals surface area contributed by atoms with Crippen LogP contribution in [-0.2, 0) is 19.1 Å². The van der Waals surface area contributed by atoms with Crippen molar-refractivity contribution in [1.29, 1.82) is 0 Å². The van der Waals surface area contributed by atoms with Gasteiger partial charge < -0.3 is 9.47 Å². The van der Waals surface area contributed by atoms with Crippen molar-refractivity contribution < 1.29 is 19.1 Å². The van der Waals surface area contributed by atoms with Crippen molar-refractivity contribution in [3.8, 4) is 0 Å². The van der Waals surface area contributed by atoms with E-state index in [9.17, 15) is 9.59 Å². The zero-order valence-corrected chi connectivity index (χ0v) is 10.8. The second-order valence-corrected chi connectivity index (χ2v) is 4.12. The molecule has 0 atom stereocenters. The topological polar surface area (TPSA) is 52.6 Å². The van der Waals surface area contributed by atoms with Crippen molar-refractivity contribution in [2.45, 2.75) is 27.7 Å². The minimum absolute atomic E-state index is 0.0231. The van der Waals surface area contributed by atoms with Crippen molar-refractivity contribution in [2.24, 2.45) is 11.8 Å². The molecule has 0 aliphatic rings. The number of carbonyl (C=O) groups excluding carboxylic acids is 2. The van der Waals surface area contributed by atoms with Crippen LogP contribution in [0.15, 0.2) is 11.1 Å². The first-order chi connectivity index (χ1) is 7.36. The molecule has 0 bridgehead atoms. The predicted octanol–water partition coefficient (Wildman–Crippen LogP) is 1.94. The number of carbonyl (C=O) groups is 2. The first-order valence-corrected chi connectivity index (χ1v) is 5.27. The smallest absolute Gasteiger partial charge is 0.345 e. The van der Waals surface area contributed by atoms with Crippen LogP contribution in [0.1, 0.15) is 27.7 Å². The highest BCUT2D eigenvalue weighted by Crippen LogP contribution is 2.25. The Balaban J connectivity index is 5.64. The minimum atomic E-state index is -0.635. The first-order valence-electron chi connectivity index (χ1n) is 5.27. The molecule has 4 heteroatoms. The third-order valence-electron chi connectivity index (χ3n) is 2.31. The second kappa shape index (κ2) is 6.30. The van der Waals surface area contributed by atoms with Gasteiger partial charge >= 0.3 is 11.9 Å². The van der Waals surface area contributed by atoms with Crippen LogP contribution >= 0.6 is 0 Å². The summed E-state index contributed by atoms with van der Waals surface area (Å²) in [5.41, 5.74) is 0.786. The molecule has 0 aliphatic carbocycles. The lowest BCUT2D eigenvalue weighted by atomic mass is 9.88. The summed E-state index contributed by atoms with van der Waals surface area (Å²) in [6.45, 7) is 7.73. The maximum Gasteiger partial charge on any atom is 0.345 e. The van der Waals surface area contributed by atoms with Crippen molar-refractivity contribution >= 4 is 11.9 Å². The van der Waals surface area contributed by atoms with Crippen molar-refractivity contribution in [3.05, 3.63) is 11.1 Å². The van der Waals surface area contributed by atoms with Gasteiger partial charge in [0.25, 0.3) is 0 Å². The zero-order chi connectivity index (χ0) is 12.9. The van der Waals surface area contributed by atoms with Crippen LogP contribution in [-0.4, -0.2) is 26.2 Å². The Morgan fingerprint density at radius 3 is 1.31 bits per heavy atom. The summed E-state index contributed by atoms with van der Waals surface area (Å²) < 4.78 is 9.24. The van der Waals surface area contributed by atoms with Gasteiger partial charge in [0.2, 0.25) is 0 Å². The fourth-order valence-corrected chi connectivity index (χ4v) is 1.77. The normalized spacial score (nSPS) is 10.2. The van der Waals surface area contributed by atoms with Crippen LogP contribution in [0.5, 0.6) is 0 Å². The highest BCUT2D eigenvalue weighted by Gasteiger charge is 2.27. The molecule has 0 radical (unpaired) electrons. The Labute approximate surface area is 96.6 Å². The number of methoxy groups -OCH3 is 2. The molecule has 92 valence electrons. The van der Waals surface area contributed by atoms with E-state index in [1.54, 1.807) is 0 Å². The molecule has 4 nitrogen and oxygen atoms in total. The molecule has 0 rings (SSSR count). The van der Waals surface area contributed by atoms with Gasteiger partial charge in [-0.05, 0) is 17.4 Å². The van der Waals surface area contributed by atoms with Gasteiger partial charge in [-0.2, -0.15) is 0 Å². The van der Waals surface area contributed by atoms with Gasteiger partial charge in [-0.25, -0.2) is 9.59 Å². The molecule has 0 saturated heterocycles. The van der Waals surface area contributed by atoms with Gasteiger partial charge in [0, 0.05) is 0 Å². The van der Waals surface area contributed by atoms with E-state index in [1.807, 2.05) is 27.7 Å². The number of ether oxygens (including phenoxy) is 2. The van der Waals surface area contributed by atoms with Crippen LogP contribution in [0.4, 0.5) is 0 Å². The average molecular weight is 228 g/mol. The van der Waals surface area contributed by atoms with Crippen LogP contribution in [0.3, 0.4) is 0 Å². The van der Waals surface area contributed by atoms with Crippen LogP contribution in [0.25, 0.3) is 0 Å². The van der Waals surface area contributed by atoms with E-state index in [1.165, 1.54) is 14.2 Å². The molecule has 0 aromatic heterocycles. The van der Waals surface area contributed by atoms with Gasteiger partial charge in [0.15, 0.2) is 0 Å². The third-order valence-corrected chi connectivity index (χ3v) is 2.31. The molecule has 0 amide bonds. The van der Waals surface area contributed by atoms with Crippen LogP contribution < -0.4 is 0 Å². The second-order valence-electron chi connectivity index (χ2n) is 4.12. The number of esters is 2. The molecule has 16 heavy (non-hydrogen) atoms. The summed E-state index contributed by atoms with van der Waals surface area (Å²) in [6, 6.07) is 0. The number of hydrogen-bond donors (Lipinski definition) is 0. The van der Waals surface area contributed by atoms with Crippen molar-refractivity contribution in [1.82, 2.24) is 0 Å². The van der Waals surface area contributed by atoms with E-state index in [4.69, 9.17) is 0 Å². The molecule has 0 aromatic rings. The Morgan fingerprint density at radius 1 is 0.812 bits per heavy atom.